The van der Waals surface area contributed by atoms with Crippen LogP contribution in [0, 0.1) is 6.92 Å². The third-order valence-corrected chi connectivity index (χ3v) is 2.90. The molecule has 0 bridgehead atoms. The van der Waals surface area contributed by atoms with Crippen LogP contribution in [0.3, 0.4) is 0 Å². The minimum absolute atomic E-state index is 0.163. The Bertz CT molecular complexity index is 513. The number of rotatable bonds is 2. The lowest BCUT2D eigenvalue weighted by Crippen LogP contribution is -2.24. The summed E-state index contributed by atoms with van der Waals surface area (Å²) >= 11 is 1.54. The van der Waals surface area contributed by atoms with E-state index in [-0.39, 0.29) is 5.69 Å². The number of carboxylic acids is 1. The fraction of sp³-hybridized carbons (Fsp3) is 0.200. The summed E-state index contributed by atoms with van der Waals surface area (Å²) in [6.07, 6.45) is 1.74. The van der Waals surface area contributed by atoms with Gasteiger partial charge in [-0.05, 0) is 13.0 Å². The van der Waals surface area contributed by atoms with Crippen LogP contribution < -0.4 is 5.11 Å². The third-order valence-electron chi connectivity index (χ3n) is 2.13. The Morgan fingerprint density at radius 3 is 2.80 bits per heavy atom. The van der Waals surface area contributed by atoms with Gasteiger partial charge in [-0.1, -0.05) is 0 Å². The Kier molecular flexibility index (Phi) is 2.32. The van der Waals surface area contributed by atoms with Crippen molar-refractivity contribution in [2.45, 2.75) is 6.92 Å². The maximum Gasteiger partial charge on any atom is 0.0901 e. The summed E-state index contributed by atoms with van der Waals surface area (Å²) in [7, 11) is 1.67. The van der Waals surface area contributed by atoms with E-state index in [9.17, 15) is 9.90 Å². The van der Waals surface area contributed by atoms with Crippen molar-refractivity contribution in [3.8, 4) is 11.3 Å². The SMILES string of the molecule is Cc1nc(-c2cc(C(=O)[O-])n(C)c2)cs1. The number of thiazole rings is 1. The van der Waals surface area contributed by atoms with Gasteiger partial charge >= 0.3 is 0 Å². The lowest BCUT2D eigenvalue weighted by Gasteiger charge is -2.01. The monoisotopic (exact) mass is 221 g/mol. The van der Waals surface area contributed by atoms with E-state index in [2.05, 4.69) is 4.98 Å². The maximum atomic E-state index is 10.7. The van der Waals surface area contributed by atoms with Gasteiger partial charge in [0.2, 0.25) is 0 Å². The summed E-state index contributed by atoms with van der Waals surface area (Å²) in [5, 5.41) is 13.6. The molecule has 0 fully saturated rings. The Morgan fingerprint density at radius 1 is 1.60 bits per heavy atom. The molecule has 0 atom stereocenters. The van der Waals surface area contributed by atoms with Crippen LogP contribution in [0.15, 0.2) is 17.6 Å². The minimum atomic E-state index is -1.17. The molecule has 0 saturated heterocycles. The molecule has 0 aliphatic heterocycles. The molecule has 0 spiro atoms. The van der Waals surface area contributed by atoms with Gasteiger partial charge in [0.15, 0.2) is 0 Å². The van der Waals surface area contributed by atoms with E-state index in [4.69, 9.17) is 0 Å². The van der Waals surface area contributed by atoms with E-state index in [1.54, 1.807) is 19.3 Å². The largest absolute Gasteiger partial charge is 0.543 e. The van der Waals surface area contributed by atoms with Gasteiger partial charge < -0.3 is 14.5 Å². The van der Waals surface area contributed by atoms with Gasteiger partial charge in [-0.3, -0.25) is 0 Å². The first-order chi connectivity index (χ1) is 7.08. The molecule has 2 aromatic rings. The second-order valence-corrected chi connectivity index (χ2v) is 4.33. The van der Waals surface area contributed by atoms with Crippen molar-refractivity contribution in [2.75, 3.05) is 0 Å². The molecule has 0 aliphatic carbocycles. The summed E-state index contributed by atoms with van der Waals surface area (Å²) in [6.45, 7) is 1.91. The van der Waals surface area contributed by atoms with Gasteiger partial charge in [0, 0.05) is 24.2 Å². The molecule has 4 nitrogen and oxygen atoms in total. The smallest absolute Gasteiger partial charge is 0.0901 e. The van der Waals surface area contributed by atoms with Crippen LogP contribution in [0.5, 0.6) is 0 Å². The zero-order valence-electron chi connectivity index (χ0n) is 8.35. The van der Waals surface area contributed by atoms with Crippen LogP contribution in [-0.2, 0) is 7.05 Å². The van der Waals surface area contributed by atoms with Crippen molar-refractivity contribution in [1.29, 1.82) is 0 Å². The summed E-state index contributed by atoms with van der Waals surface area (Å²) in [5.41, 5.74) is 1.78. The minimum Gasteiger partial charge on any atom is -0.543 e. The van der Waals surface area contributed by atoms with Crippen LogP contribution in [-0.4, -0.2) is 15.5 Å². The Labute approximate surface area is 90.8 Å². The van der Waals surface area contributed by atoms with E-state index in [0.29, 0.717) is 0 Å². The molecule has 0 aromatic carbocycles. The Morgan fingerprint density at radius 2 is 2.33 bits per heavy atom. The molecule has 0 saturated carbocycles. The summed E-state index contributed by atoms with van der Waals surface area (Å²) in [6, 6.07) is 1.57. The normalized spacial score (nSPS) is 10.5. The molecular formula is C10H9N2O2S-. The molecule has 5 heteroatoms. The van der Waals surface area contributed by atoms with Crippen LogP contribution in [0.1, 0.15) is 15.5 Å². The zero-order chi connectivity index (χ0) is 11.0. The standard InChI is InChI=1S/C10H10N2O2S/c1-6-11-8(5-15-6)7-3-9(10(13)14)12(2)4-7/h3-5H,1-2H3,(H,13,14)/p-1. The number of carboxylic acid groups (broad SMARTS) is 1. The highest BCUT2D eigenvalue weighted by molar-refractivity contribution is 7.09. The fourth-order valence-corrected chi connectivity index (χ4v) is 2.03. The second-order valence-electron chi connectivity index (χ2n) is 3.26. The predicted molar refractivity (Wildman–Crippen MR) is 55.6 cm³/mol. The number of aromatic carboxylic acids is 1. The molecular weight excluding hydrogens is 212 g/mol. The second kappa shape index (κ2) is 3.51. The van der Waals surface area contributed by atoms with Gasteiger partial charge in [-0.15, -0.1) is 11.3 Å². The van der Waals surface area contributed by atoms with Crippen LogP contribution in [0.2, 0.25) is 0 Å². The van der Waals surface area contributed by atoms with Crippen molar-refractivity contribution in [2.24, 2.45) is 7.05 Å². The van der Waals surface area contributed by atoms with E-state index >= 15 is 0 Å². The average Bonchev–Trinajstić information content (AvgIpc) is 2.71. The van der Waals surface area contributed by atoms with Gasteiger partial charge in [-0.2, -0.15) is 0 Å². The lowest BCUT2D eigenvalue weighted by molar-refractivity contribution is -0.255. The van der Waals surface area contributed by atoms with E-state index < -0.39 is 5.97 Å². The molecule has 0 aliphatic rings. The molecule has 0 N–H and O–H groups in total. The number of aryl methyl sites for hydroxylation is 2. The van der Waals surface area contributed by atoms with E-state index in [1.165, 1.54) is 15.9 Å². The molecule has 0 unspecified atom stereocenters. The molecule has 15 heavy (non-hydrogen) atoms. The molecule has 0 amide bonds. The van der Waals surface area contributed by atoms with Crippen molar-refractivity contribution in [3.63, 3.8) is 0 Å². The molecule has 2 rings (SSSR count). The first-order valence-corrected chi connectivity index (χ1v) is 5.26. The Balaban J connectivity index is 2.46. The van der Waals surface area contributed by atoms with Crippen molar-refractivity contribution in [3.05, 3.63) is 28.3 Å². The van der Waals surface area contributed by atoms with Gasteiger partial charge in [-0.25, -0.2) is 4.98 Å². The predicted octanol–water partition coefficient (Wildman–Crippen LogP) is 0.821. The fourth-order valence-electron chi connectivity index (χ4n) is 1.40. The first-order valence-electron chi connectivity index (χ1n) is 4.38. The molecule has 78 valence electrons. The van der Waals surface area contributed by atoms with Crippen molar-refractivity contribution in [1.82, 2.24) is 9.55 Å². The number of carbonyl (C=O) groups is 1. The summed E-state index contributed by atoms with van der Waals surface area (Å²) in [4.78, 5) is 15.0. The Hall–Kier alpha value is -1.62. The summed E-state index contributed by atoms with van der Waals surface area (Å²) in [5.74, 6) is -1.17. The highest BCUT2D eigenvalue weighted by Crippen LogP contribution is 2.23. The maximum absolute atomic E-state index is 10.7. The van der Waals surface area contributed by atoms with Crippen LogP contribution in [0.4, 0.5) is 0 Å². The average molecular weight is 221 g/mol. The quantitative estimate of drug-likeness (QED) is 0.754. The zero-order valence-corrected chi connectivity index (χ0v) is 9.17. The van der Waals surface area contributed by atoms with Gasteiger partial charge in [0.25, 0.3) is 0 Å². The first kappa shape index (κ1) is 9.92. The molecule has 2 aromatic heterocycles. The number of hydrogen-bond acceptors (Lipinski definition) is 4. The third kappa shape index (κ3) is 1.78. The van der Waals surface area contributed by atoms with Crippen molar-refractivity contribution < 1.29 is 9.90 Å². The van der Waals surface area contributed by atoms with E-state index in [1.807, 2.05) is 12.3 Å². The summed E-state index contributed by atoms with van der Waals surface area (Å²) < 4.78 is 1.53. The van der Waals surface area contributed by atoms with Crippen molar-refractivity contribution >= 4 is 17.3 Å². The number of carbonyl (C=O) groups excluding carboxylic acids is 1. The highest BCUT2D eigenvalue weighted by atomic mass is 32.1. The van der Waals surface area contributed by atoms with Gasteiger partial charge in [0.1, 0.15) is 0 Å². The topological polar surface area (TPSA) is 57.9 Å². The van der Waals surface area contributed by atoms with Crippen LogP contribution >= 0.6 is 11.3 Å². The lowest BCUT2D eigenvalue weighted by atomic mass is 10.2. The van der Waals surface area contributed by atoms with E-state index in [0.717, 1.165) is 16.3 Å². The van der Waals surface area contributed by atoms with Crippen LogP contribution in [0.25, 0.3) is 11.3 Å². The van der Waals surface area contributed by atoms with Gasteiger partial charge in [0.05, 0.1) is 22.4 Å². The number of nitrogens with zero attached hydrogens (tertiary/aromatic N) is 2. The number of aromatic nitrogens is 2. The molecule has 0 radical (unpaired) electrons. The highest BCUT2D eigenvalue weighted by Gasteiger charge is 2.08. The number of hydrogen-bond donors (Lipinski definition) is 0. The molecule has 2 heterocycles.